The first-order chi connectivity index (χ1) is 8.52. The highest BCUT2D eigenvalue weighted by molar-refractivity contribution is 5.85. The molecule has 108 valence electrons. The van der Waals surface area contributed by atoms with Gasteiger partial charge in [0.1, 0.15) is 11.5 Å². The fourth-order valence-electron chi connectivity index (χ4n) is 1.26. The monoisotopic (exact) mass is 288 g/mol. The standard InChI is InChI=1S/C13H20N2O3.ClH/c1-14(2)9-10-15(3)13(16)18-12-7-5-11(17-4)6-8-12;/h5-8H,9-10H2,1-4H3;1H. The minimum atomic E-state index is -0.359. The average Bonchev–Trinajstić information content (AvgIpc) is 2.36. The molecule has 0 aliphatic rings. The van der Waals surface area contributed by atoms with Crippen LogP contribution in [0, 0.1) is 0 Å². The van der Waals surface area contributed by atoms with Gasteiger partial charge in [0.2, 0.25) is 0 Å². The zero-order valence-corrected chi connectivity index (χ0v) is 12.6. The summed E-state index contributed by atoms with van der Waals surface area (Å²) < 4.78 is 10.3. The van der Waals surface area contributed by atoms with Gasteiger partial charge in [0.25, 0.3) is 0 Å². The Morgan fingerprint density at radius 1 is 1.05 bits per heavy atom. The zero-order valence-electron chi connectivity index (χ0n) is 11.8. The van der Waals surface area contributed by atoms with E-state index in [1.165, 1.54) is 0 Å². The van der Waals surface area contributed by atoms with Crippen LogP contribution in [0.15, 0.2) is 24.3 Å². The quantitative estimate of drug-likeness (QED) is 0.832. The minimum absolute atomic E-state index is 0. The number of hydrogen-bond donors (Lipinski definition) is 0. The van der Waals surface area contributed by atoms with Gasteiger partial charge in [0.15, 0.2) is 0 Å². The second-order valence-electron chi connectivity index (χ2n) is 4.27. The summed E-state index contributed by atoms with van der Waals surface area (Å²) in [4.78, 5) is 15.3. The molecule has 1 amide bonds. The number of likely N-dealkylation sites (N-methyl/N-ethyl adjacent to an activating group) is 2. The van der Waals surface area contributed by atoms with Crippen LogP contribution in [-0.2, 0) is 0 Å². The molecule has 0 aliphatic carbocycles. The van der Waals surface area contributed by atoms with Crippen molar-refractivity contribution < 1.29 is 14.3 Å². The molecule has 1 rings (SSSR count). The first-order valence-corrected chi connectivity index (χ1v) is 5.74. The molecule has 1 aromatic carbocycles. The lowest BCUT2D eigenvalue weighted by Gasteiger charge is -2.19. The second-order valence-corrected chi connectivity index (χ2v) is 4.27. The van der Waals surface area contributed by atoms with Crippen molar-refractivity contribution >= 4 is 18.5 Å². The summed E-state index contributed by atoms with van der Waals surface area (Å²) in [6.45, 7) is 1.43. The van der Waals surface area contributed by atoms with E-state index in [0.717, 1.165) is 12.3 Å². The van der Waals surface area contributed by atoms with Crippen LogP contribution in [-0.4, -0.2) is 57.2 Å². The number of hydrogen-bond acceptors (Lipinski definition) is 4. The van der Waals surface area contributed by atoms with Crippen molar-refractivity contribution in [2.24, 2.45) is 0 Å². The molecule has 0 aliphatic heterocycles. The number of carbonyl (C=O) groups excluding carboxylic acids is 1. The van der Waals surface area contributed by atoms with Crippen LogP contribution in [0.25, 0.3) is 0 Å². The number of halogens is 1. The van der Waals surface area contributed by atoms with Crippen molar-refractivity contribution in [1.29, 1.82) is 0 Å². The molecule has 0 heterocycles. The van der Waals surface area contributed by atoms with Crippen molar-refractivity contribution in [2.45, 2.75) is 0 Å². The Morgan fingerprint density at radius 3 is 2.05 bits per heavy atom. The van der Waals surface area contributed by atoms with E-state index in [0.29, 0.717) is 12.3 Å². The number of carbonyl (C=O) groups is 1. The lowest BCUT2D eigenvalue weighted by Crippen LogP contribution is -2.35. The molecule has 0 N–H and O–H groups in total. The van der Waals surface area contributed by atoms with E-state index in [9.17, 15) is 4.79 Å². The van der Waals surface area contributed by atoms with Crippen molar-refractivity contribution in [3.05, 3.63) is 24.3 Å². The molecule has 0 saturated heterocycles. The maximum absolute atomic E-state index is 11.7. The highest BCUT2D eigenvalue weighted by Gasteiger charge is 2.11. The number of benzene rings is 1. The van der Waals surface area contributed by atoms with Crippen LogP contribution in [0.4, 0.5) is 4.79 Å². The highest BCUT2D eigenvalue weighted by Crippen LogP contribution is 2.17. The number of rotatable bonds is 5. The normalized spacial score (nSPS) is 9.74. The molecule has 0 aromatic heterocycles. The summed E-state index contributed by atoms with van der Waals surface area (Å²) in [5.74, 6) is 1.24. The molecule has 0 unspecified atom stereocenters. The van der Waals surface area contributed by atoms with E-state index in [1.54, 1.807) is 43.3 Å². The van der Waals surface area contributed by atoms with Gasteiger partial charge in [-0.3, -0.25) is 0 Å². The van der Waals surface area contributed by atoms with Crippen molar-refractivity contribution in [3.8, 4) is 11.5 Å². The molecule has 0 atom stereocenters. The maximum atomic E-state index is 11.7. The molecule has 0 fully saturated rings. The van der Waals surface area contributed by atoms with Gasteiger partial charge in [-0.25, -0.2) is 4.79 Å². The van der Waals surface area contributed by atoms with Crippen LogP contribution in [0.3, 0.4) is 0 Å². The molecule has 6 heteroatoms. The fraction of sp³-hybridized carbons (Fsp3) is 0.462. The van der Waals surface area contributed by atoms with Gasteiger partial charge in [-0.2, -0.15) is 0 Å². The minimum Gasteiger partial charge on any atom is -0.497 e. The first kappa shape index (κ1) is 17.5. The van der Waals surface area contributed by atoms with E-state index in [1.807, 2.05) is 19.0 Å². The van der Waals surface area contributed by atoms with E-state index in [4.69, 9.17) is 9.47 Å². The van der Waals surface area contributed by atoms with Crippen LogP contribution in [0.5, 0.6) is 11.5 Å². The largest absolute Gasteiger partial charge is 0.497 e. The summed E-state index contributed by atoms with van der Waals surface area (Å²) >= 11 is 0. The Kier molecular flexibility index (Phi) is 7.95. The van der Waals surface area contributed by atoms with Crippen LogP contribution < -0.4 is 9.47 Å². The summed E-state index contributed by atoms with van der Waals surface area (Å²) in [5.41, 5.74) is 0. The Bertz CT molecular complexity index is 382. The predicted octanol–water partition coefficient (Wildman–Crippen LogP) is 2.11. The third-order valence-electron chi connectivity index (χ3n) is 2.46. The third-order valence-corrected chi connectivity index (χ3v) is 2.46. The topological polar surface area (TPSA) is 42.0 Å². The lowest BCUT2D eigenvalue weighted by atomic mass is 10.3. The van der Waals surface area contributed by atoms with Gasteiger partial charge in [0, 0.05) is 20.1 Å². The molecule has 5 nitrogen and oxygen atoms in total. The van der Waals surface area contributed by atoms with E-state index in [-0.39, 0.29) is 18.5 Å². The van der Waals surface area contributed by atoms with Gasteiger partial charge in [0.05, 0.1) is 7.11 Å². The van der Waals surface area contributed by atoms with Crippen molar-refractivity contribution in [3.63, 3.8) is 0 Å². The van der Waals surface area contributed by atoms with Gasteiger partial charge in [-0.1, -0.05) is 0 Å². The molecule has 0 radical (unpaired) electrons. The van der Waals surface area contributed by atoms with Crippen LogP contribution in [0.2, 0.25) is 0 Å². The third kappa shape index (κ3) is 6.31. The van der Waals surface area contributed by atoms with Gasteiger partial charge < -0.3 is 19.3 Å². The zero-order chi connectivity index (χ0) is 13.5. The average molecular weight is 289 g/mol. The van der Waals surface area contributed by atoms with Crippen molar-refractivity contribution in [2.75, 3.05) is 41.3 Å². The molecule has 0 bridgehead atoms. The molecular formula is C13H21ClN2O3. The van der Waals surface area contributed by atoms with Gasteiger partial charge in [-0.15, -0.1) is 12.4 Å². The fourth-order valence-corrected chi connectivity index (χ4v) is 1.26. The number of methoxy groups -OCH3 is 1. The number of amides is 1. The summed E-state index contributed by atoms with van der Waals surface area (Å²) in [5, 5.41) is 0. The summed E-state index contributed by atoms with van der Waals surface area (Å²) in [6, 6.07) is 6.91. The smallest absolute Gasteiger partial charge is 0.415 e. The lowest BCUT2D eigenvalue weighted by molar-refractivity contribution is 0.159. The highest BCUT2D eigenvalue weighted by atomic mass is 35.5. The van der Waals surface area contributed by atoms with Gasteiger partial charge >= 0.3 is 6.09 Å². The molecule has 1 aromatic rings. The second kappa shape index (κ2) is 8.61. The Balaban J connectivity index is 0.00000324. The Hall–Kier alpha value is -1.46. The van der Waals surface area contributed by atoms with Crippen LogP contribution >= 0.6 is 12.4 Å². The maximum Gasteiger partial charge on any atom is 0.415 e. The summed E-state index contributed by atoms with van der Waals surface area (Å²) in [7, 11) is 7.23. The molecule has 0 saturated carbocycles. The van der Waals surface area contributed by atoms with E-state index < -0.39 is 0 Å². The molecule has 19 heavy (non-hydrogen) atoms. The van der Waals surface area contributed by atoms with Crippen LogP contribution in [0.1, 0.15) is 0 Å². The Labute approximate surface area is 120 Å². The molecular weight excluding hydrogens is 268 g/mol. The Morgan fingerprint density at radius 2 is 1.58 bits per heavy atom. The SMILES string of the molecule is COc1ccc(OC(=O)N(C)CCN(C)C)cc1.Cl. The number of nitrogens with zero attached hydrogens (tertiary/aromatic N) is 2. The van der Waals surface area contributed by atoms with Crippen molar-refractivity contribution in [1.82, 2.24) is 9.80 Å². The predicted molar refractivity (Wildman–Crippen MR) is 77.5 cm³/mol. The van der Waals surface area contributed by atoms with E-state index >= 15 is 0 Å². The summed E-state index contributed by atoms with van der Waals surface area (Å²) in [6.07, 6.45) is -0.359. The first-order valence-electron chi connectivity index (χ1n) is 5.74. The van der Waals surface area contributed by atoms with E-state index in [2.05, 4.69) is 0 Å². The molecule has 0 spiro atoms. The van der Waals surface area contributed by atoms with Gasteiger partial charge in [-0.05, 0) is 38.4 Å². The number of ether oxygens (including phenoxy) is 2.